The molecule has 27 heavy (non-hydrogen) atoms. The molecular weight excluding hydrogens is 364 g/mol. The van der Waals surface area contributed by atoms with E-state index in [-0.39, 0.29) is 0 Å². The van der Waals surface area contributed by atoms with Crippen molar-refractivity contribution in [2.45, 2.75) is 0 Å². The number of benzene rings is 2. The SMILES string of the molecule is CS(=O)(=O)N(CC(=O)Nc1ccccc1C#N)c1cccc2cccnc12. The summed E-state index contributed by atoms with van der Waals surface area (Å²) < 4.78 is 25.7. The molecule has 0 aliphatic heterocycles. The van der Waals surface area contributed by atoms with Gasteiger partial charge in [-0.25, -0.2) is 8.42 Å². The van der Waals surface area contributed by atoms with Crippen LogP contribution in [-0.4, -0.2) is 32.1 Å². The molecule has 1 N–H and O–H groups in total. The lowest BCUT2D eigenvalue weighted by molar-refractivity contribution is -0.114. The van der Waals surface area contributed by atoms with Crippen LogP contribution < -0.4 is 9.62 Å². The second-order valence-corrected chi connectivity index (χ2v) is 7.73. The fraction of sp³-hybridized carbons (Fsp3) is 0.105. The van der Waals surface area contributed by atoms with Crippen LogP contribution in [0.4, 0.5) is 11.4 Å². The van der Waals surface area contributed by atoms with E-state index in [2.05, 4.69) is 10.3 Å². The minimum absolute atomic E-state index is 0.295. The Kier molecular flexibility index (Phi) is 5.05. The summed E-state index contributed by atoms with van der Waals surface area (Å²) in [7, 11) is -3.74. The number of nitriles is 1. The Morgan fingerprint density at radius 3 is 2.63 bits per heavy atom. The predicted molar refractivity (Wildman–Crippen MR) is 104 cm³/mol. The molecule has 0 unspecified atom stereocenters. The highest BCUT2D eigenvalue weighted by molar-refractivity contribution is 7.92. The zero-order valence-corrected chi connectivity index (χ0v) is 15.3. The quantitative estimate of drug-likeness (QED) is 0.732. The van der Waals surface area contributed by atoms with E-state index in [9.17, 15) is 13.2 Å². The maximum atomic E-state index is 12.5. The Morgan fingerprint density at radius 2 is 1.89 bits per heavy atom. The van der Waals surface area contributed by atoms with Gasteiger partial charge in [0.1, 0.15) is 12.6 Å². The number of nitrogens with one attached hydrogen (secondary N) is 1. The molecule has 7 nitrogen and oxygen atoms in total. The van der Waals surface area contributed by atoms with Crippen LogP contribution in [0.1, 0.15) is 5.56 Å². The maximum absolute atomic E-state index is 12.5. The van der Waals surface area contributed by atoms with Crippen LogP contribution in [0.25, 0.3) is 10.9 Å². The number of sulfonamides is 1. The van der Waals surface area contributed by atoms with Crippen molar-refractivity contribution in [1.29, 1.82) is 5.26 Å². The molecule has 1 aromatic heterocycles. The summed E-state index contributed by atoms with van der Waals surface area (Å²) in [5.74, 6) is -0.559. The summed E-state index contributed by atoms with van der Waals surface area (Å²) in [4.78, 5) is 16.8. The number of para-hydroxylation sites is 2. The van der Waals surface area contributed by atoms with Crippen LogP contribution >= 0.6 is 0 Å². The van der Waals surface area contributed by atoms with E-state index in [0.717, 1.165) is 15.9 Å². The van der Waals surface area contributed by atoms with E-state index in [1.807, 2.05) is 18.2 Å². The van der Waals surface area contributed by atoms with Crippen molar-refractivity contribution in [2.24, 2.45) is 0 Å². The monoisotopic (exact) mass is 380 g/mol. The molecule has 1 heterocycles. The van der Waals surface area contributed by atoms with Crippen LogP contribution in [0, 0.1) is 11.3 Å². The van der Waals surface area contributed by atoms with Crippen molar-refractivity contribution in [3.05, 3.63) is 66.4 Å². The number of carbonyl (C=O) groups is 1. The van der Waals surface area contributed by atoms with Gasteiger partial charge in [-0.3, -0.25) is 14.1 Å². The van der Waals surface area contributed by atoms with Crippen molar-refractivity contribution >= 4 is 38.2 Å². The predicted octanol–water partition coefficient (Wildman–Crippen LogP) is 2.51. The number of carbonyl (C=O) groups excluding carboxylic acids is 1. The third kappa shape index (κ3) is 4.04. The lowest BCUT2D eigenvalue weighted by Gasteiger charge is -2.23. The molecule has 0 aliphatic rings. The number of anilines is 2. The van der Waals surface area contributed by atoms with Gasteiger partial charge in [0.25, 0.3) is 0 Å². The number of fused-ring (bicyclic) bond motifs is 1. The number of amides is 1. The normalized spacial score (nSPS) is 11.0. The molecule has 0 aliphatic carbocycles. The van der Waals surface area contributed by atoms with Gasteiger partial charge in [0.15, 0.2) is 0 Å². The van der Waals surface area contributed by atoms with Crippen LogP contribution in [0.2, 0.25) is 0 Å². The van der Waals surface area contributed by atoms with Crippen molar-refractivity contribution in [3.63, 3.8) is 0 Å². The van der Waals surface area contributed by atoms with Gasteiger partial charge in [-0.1, -0.05) is 30.3 Å². The van der Waals surface area contributed by atoms with Gasteiger partial charge in [-0.2, -0.15) is 5.26 Å². The van der Waals surface area contributed by atoms with Gasteiger partial charge >= 0.3 is 0 Å². The van der Waals surface area contributed by atoms with Gasteiger partial charge in [0.2, 0.25) is 15.9 Å². The highest BCUT2D eigenvalue weighted by Gasteiger charge is 2.23. The molecule has 3 aromatic rings. The molecule has 0 fully saturated rings. The molecule has 0 atom stereocenters. The third-order valence-electron chi connectivity index (χ3n) is 3.89. The fourth-order valence-corrected chi connectivity index (χ4v) is 3.54. The van der Waals surface area contributed by atoms with Crippen molar-refractivity contribution in [1.82, 2.24) is 4.98 Å². The van der Waals surface area contributed by atoms with Gasteiger partial charge in [-0.05, 0) is 24.3 Å². The Morgan fingerprint density at radius 1 is 1.15 bits per heavy atom. The molecule has 2 aromatic carbocycles. The van der Waals surface area contributed by atoms with E-state index in [4.69, 9.17) is 5.26 Å². The van der Waals surface area contributed by atoms with E-state index in [1.165, 1.54) is 0 Å². The minimum atomic E-state index is -3.74. The second-order valence-electron chi connectivity index (χ2n) is 5.83. The first-order valence-electron chi connectivity index (χ1n) is 8.00. The Labute approximate surface area is 156 Å². The molecule has 3 rings (SSSR count). The van der Waals surface area contributed by atoms with E-state index in [0.29, 0.717) is 22.5 Å². The molecule has 0 saturated carbocycles. The lowest BCUT2D eigenvalue weighted by Crippen LogP contribution is -2.37. The second kappa shape index (κ2) is 7.43. The van der Waals surface area contributed by atoms with E-state index in [1.54, 1.807) is 48.7 Å². The lowest BCUT2D eigenvalue weighted by atomic mass is 10.2. The highest BCUT2D eigenvalue weighted by atomic mass is 32.2. The average molecular weight is 380 g/mol. The summed E-state index contributed by atoms with van der Waals surface area (Å²) in [6.45, 7) is -0.436. The van der Waals surface area contributed by atoms with Crippen LogP contribution in [0.3, 0.4) is 0 Å². The molecule has 1 amide bonds. The zero-order valence-electron chi connectivity index (χ0n) is 14.5. The molecular formula is C19H16N4O3S. The molecule has 8 heteroatoms. The summed E-state index contributed by atoms with van der Waals surface area (Å²) >= 11 is 0. The summed E-state index contributed by atoms with van der Waals surface area (Å²) in [6.07, 6.45) is 2.60. The van der Waals surface area contributed by atoms with Gasteiger partial charge in [0, 0.05) is 11.6 Å². The van der Waals surface area contributed by atoms with Crippen molar-refractivity contribution in [2.75, 3.05) is 22.4 Å². The number of hydrogen-bond acceptors (Lipinski definition) is 5. The average Bonchev–Trinajstić information content (AvgIpc) is 2.65. The molecule has 0 saturated heterocycles. The van der Waals surface area contributed by atoms with Gasteiger partial charge < -0.3 is 5.32 Å². The van der Waals surface area contributed by atoms with E-state index < -0.39 is 22.5 Å². The summed E-state index contributed by atoms with van der Waals surface area (Å²) in [5, 5.41) is 12.5. The van der Waals surface area contributed by atoms with Crippen molar-refractivity contribution in [3.8, 4) is 6.07 Å². The Hall–Kier alpha value is -3.44. The molecule has 0 radical (unpaired) electrons. The van der Waals surface area contributed by atoms with Crippen LogP contribution in [-0.2, 0) is 14.8 Å². The molecule has 136 valence electrons. The maximum Gasteiger partial charge on any atom is 0.245 e. The van der Waals surface area contributed by atoms with Gasteiger partial charge in [0.05, 0.1) is 28.7 Å². The third-order valence-corrected chi connectivity index (χ3v) is 5.02. The zero-order chi connectivity index (χ0) is 19.4. The number of pyridine rings is 1. The van der Waals surface area contributed by atoms with Crippen LogP contribution in [0.5, 0.6) is 0 Å². The molecule has 0 bridgehead atoms. The number of rotatable bonds is 5. The smallest absolute Gasteiger partial charge is 0.245 e. The standard InChI is InChI=1S/C19H16N4O3S/c1-27(25,26)23(17-10-4-7-14-8-5-11-21-19(14)17)13-18(24)22-16-9-3-2-6-15(16)12-20/h2-11H,13H2,1H3,(H,22,24). The summed E-state index contributed by atoms with van der Waals surface area (Å²) in [6, 6.07) is 17.2. The largest absolute Gasteiger partial charge is 0.323 e. The number of nitrogens with zero attached hydrogens (tertiary/aromatic N) is 3. The Bertz CT molecular complexity index is 1150. The van der Waals surface area contributed by atoms with E-state index >= 15 is 0 Å². The highest BCUT2D eigenvalue weighted by Crippen LogP contribution is 2.26. The number of hydrogen-bond donors (Lipinski definition) is 1. The summed E-state index contributed by atoms with van der Waals surface area (Å²) in [5.41, 5.74) is 1.42. The Balaban J connectivity index is 1.95. The first-order valence-corrected chi connectivity index (χ1v) is 9.85. The number of aromatic nitrogens is 1. The molecule has 0 spiro atoms. The fourth-order valence-electron chi connectivity index (χ4n) is 2.68. The van der Waals surface area contributed by atoms with Crippen LogP contribution in [0.15, 0.2) is 60.8 Å². The van der Waals surface area contributed by atoms with Crippen molar-refractivity contribution < 1.29 is 13.2 Å². The first-order chi connectivity index (χ1) is 12.9. The minimum Gasteiger partial charge on any atom is -0.323 e. The first kappa shape index (κ1) is 18.4. The van der Waals surface area contributed by atoms with Gasteiger partial charge in [-0.15, -0.1) is 0 Å². The topological polar surface area (TPSA) is 103 Å².